The van der Waals surface area contributed by atoms with E-state index in [4.69, 9.17) is 21.1 Å². The van der Waals surface area contributed by atoms with Crippen molar-refractivity contribution >= 4 is 17.9 Å². The largest absolute Gasteiger partial charge is 0.490 e. The molecule has 0 atom stereocenters. The van der Waals surface area contributed by atoms with Crippen molar-refractivity contribution in [3.63, 3.8) is 0 Å². The maximum atomic E-state index is 10.6. The van der Waals surface area contributed by atoms with Crippen LogP contribution in [-0.2, 0) is 0 Å². The zero-order valence-electron chi connectivity index (χ0n) is 7.46. The van der Waals surface area contributed by atoms with Gasteiger partial charge in [0.15, 0.2) is 17.8 Å². The molecule has 0 fully saturated rings. The van der Waals surface area contributed by atoms with Gasteiger partial charge in [-0.15, -0.1) is 0 Å². The molecule has 0 amide bonds. The van der Waals surface area contributed by atoms with Crippen LogP contribution < -0.4 is 9.47 Å². The number of carbonyl (C=O) groups is 1. The van der Waals surface area contributed by atoms with E-state index in [1.165, 1.54) is 0 Å². The fraction of sp³-hybridized carbons (Fsp3) is 0.300. The van der Waals surface area contributed by atoms with Crippen LogP contribution in [0.4, 0.5) is 0 Å². The first-order chi connectivity index (χ1) is 6.83. The van der Waals surface area contributed by atoms with E-state index in [1.54, 1.807) is 12.1 Å². The summed E-state index contributed by atoms with van der Waals surface area (Å²) in [4.78, 5) is 10.6. The molecule has 4 heteroatoms. The molecule has 1 aliphatic rings. The van der Waals surface area contributed by atoms with Crippen molar-refractivity contribution in [2.45, 2.75) is 6.42 Å². The highest BCUT2D eigenvalue weighted by Gasteiger charge is 2.16. The van der Waals surface area contributed by atoms with E-state index in [0.29, 0.717) is 41.6 Å². The van der Waals surface area contributed by atoms with Crippen LogP contribution in [0.5, 0.6) is 11.5 Å². The Hall–Kier alpha value is -1.22. The lowest BCUT2D eigenvalue weighted by atomic mass is 10.2. The van der Waals surface area contributed by atoms with E-state index in [2.05, 4.69) is 0 Å². The van der Waals surface area contributed by atoms with Crippen molar-refractivity contribution in [1.29, 1.82) is 0 Å². The lowest BCUT2D eigenvalue weighted by Crippen LogP contribution is -1.97. The Balaban J connectivity index is 2.49. The first kappa shape index (κ1) is 9.34. The lowest BCUT2D eigenvalue weighted by molar-refractivity contribution is 0.112. The van der Waals surface area contributed by atoms with Gasteiger partial charge < -0.3 is 9.47 Å². The normalized spacial score (nSPS) is 14.6. The smallest absolute Gasteiger partial charge is 0.180 e. The van der Waals surface area contributed by atoms with Crippen molar-refractivity contribution in [1.82, 2.24) is 0 Å². The molecule has 1 heterocycles. The summed E-state index contributed by atoms with van der Waals surface area (Å²) in [6.45, 7) is 1.18. The van der Waals surface area contributed by atoms with Crippen LogP contribution in [0.1, 0.15) is 16.8 Å². The standard InChI is InChI=1S/C10H9ClO3/c11-9-7(6-12)2-3-8-10(9)14-5-1-4-13-8/h2-3,6H,1,4-5H2. The van der Waals surface area contributed by atoms with Gasteiger partial charge in [0.2, 0.25) is 0 Å². The minimum Gasteiger partial charge on any atom is -0.490 e. The molecule has 0 saturated carbocycles. The Morgan fingerprint density at radius 2 is 2.07 bits per heavy atom. The minimum absolute atomic E-state index is 0.333. The molecule has 0 bridgehead atoms. The van der Waals surface area contributed by atoms with Gasteiger partial charge in [-0.25, -0.2) is 0 Å². The van der Waals surface area contributed by atoms with Gasteiger partial charge in [0, 0.05) is 12.0 Å². The maximum absolute atomic E-state index is 10.6. The zero-order chi connectivity index (χ0) is 9.97. The highest BCUT2D eigenvalue weighted by molar-refractivity contribution is 6.34. The number of hydrogen-bond acceptors (Lipinski definition) is 3. The minimum atomic E-state index is 0.333. The van der Waals surface area contributed by atoms with Crippen LogP contribution in [0.2, 0.25) is 5.02 Å². The third kappa shape index (κ3) is 1.55. The molecule has 3 nitrogen and oxygen atoms in total. The Morgan fingerprint density at radius 3 is 2.86 bits per heavy atom. The topological polar surface area (TPSA) is 35.5 Å². The maximum Gasteiger partial charge on any atom is 0.180 e. The molecule has 1 aliphatic heterocycles. The second kappa shape index (κ2) is 3.88. The Kier molecular flexibility index (Phi) is 2.59. The number of carbonyl (C=O) groups excluding carboxylic acids is 1. The molecular weight excluding hydrogens is 204 g/mol. The molecule has 0 spiro atoms. The van der Waals surface area contributed by atoms with Crippen LogP contribution in [0.25, 0.3) is 0 Å². The van der Waals surface area contributed by atoms with Crippen molar-refractivity contribution in [2.24, 2.45) is 0 Å². The van der Waals surface area contributed by atoms with Gasteiger partial charge >= 0.3 is 0 Å². The third-order valence-electron chi connectivity index (χ3n) is 2.01. The molecule has 0 saturated heterocycles. The van der Waals surface area contributed by atoms with Crippen LogP contribution >= 0.6 is 11.6 Å². The number of halogens is 1. The van der Waals surface area contributed by atoms with Crippen molar-refractivity contribution in [3.8, 4) is 11.5 Å². The second-order valence-corrected chi connectivity index (χ2v) is 3.34. The molecule has 0 N–H and O–H groups in total. The molecule has 0 unspecified atom stereocenters. The Labute approximate surface area is 86.6 Å². The highest BCUT2D eigenvalue weighted by atomic mass is 35.5. The van der Waals surface area contributed by atoms with Gasteiger partial charge in [-0.3, -0.25) is 4.79 Å². The van der Waals surface area contributed by atoms with Gasteiger partial charge in [0.25, 0.3) is 0 Å². The Morgan fingerprint density at radius 1 is 1.29 bits per heavy atom. The van der Waals surface area contributed by atoms with Crippen LogP contribution in [0, 0.1) is 0 Å². The van der Waals surface area contributed by atoms with Gasteiger partial charge in [-0.2, -0.15) is 0 Å². The van der Waals surface area contributed by atoms with Crippen LogP contribution in [0.3, 0.4) is 0 Å². The van der Waals surface area contributed by atoms with Crippen LogP contribution in [0.15, 0.2) is 12.1 Å². The molecule has 2 rings (SSSR count). The summed E-state index contributed by atoms with van der Waals surface area (Å²) in [5.74, 6) is 1.09. The van der Waals surface area contributed by atoms with E-state index in [0.717, 1.165) is 6.42 Å². The lowest BCUT2D eigenvalue weighted by Gasteiger charge is -2.09. The molecule has 1 aromatic carbocycles. The number of benzene rings is 1. The quantitative estimate of drug-likeness (QED) is 0.671. The molecular formula is C10H9ClO3. The number of fused-ring (bicyclic) bond motifs is 1. The molecule has 1 aromatic rings. The molecule has 74 valence electrons. The average Bonchev–Trinajstić information content (AvgIpc) is 2.44. The van der Waals surface area contributed by atoms with Gasteiger partial charge in [-0.1, -0.05) is 11.6 Å². The summed E-state index contributed by atoms with van der Waals surface area (Å²) in [5.41, 5.74) is 0.427. The SMILES string of the molecule is O=Cc1ccc2c(c1Cl)OCCCO2. The van der Waals surface area contributed by atoms with Gasteiger partial charge in [0.1, 0.15) is 0 Å². The predicted octanol–water partition coefficient (Wildman–Crippen LogP) is 2.31. The first-order valence-corrected chi connectivity index (χ1v) is 4.74. The summed E-state index contributed by atoms with van der Waals surface area (Å²) >= 11 is 5.96. The van der Waals surface area contributed by atoms with Crippen molar-refractivity contribution in [2.75, 3.05) is 13.2 Å². The average molecular weight is 213 g/mol. The summed E-state index contributed by atoms with van der Waals surface area (Å²) in [6, 6.07) is 3.33. The number of rotatable bonds is 1. The second-order valence-electron chi connectivity index (χ2n) is 2.96. The molecule has 0 radical (unpaired) electrons. The summed E-state index contributed by atoms with van der Waals surface area (Å²) in [5, 5.41) is 0.333. The van der Waals surface area contributed by atoms with Gasteiger partial charge in [0.05, 0.1) is 18.2 Å². The first-order valence-electron chi connectivity index (χ1n) is 4.36. The van der Waals surface area contributed by atoms with E-state index >= 15 is 0 Å². The van der Waals surface area contributed by atoms with E-state index in [1.807, 2.05) is 0 Å². The number of aldehydes is 1. The number of ether oxygens (including phenoxy) is 2. The monoisotopic (exact) mass is 212 g/mol. The zero-order valence-corrected chi connectivity index (χ0v) is 8.21. The summed E-state index contributed by atoms with van der Waals surface area (Å²) < 4.78 is 10.8. The summed E-state index contributed by atoms with van der Waals surface area (Å²) in [6.07, 6.45) is 1.53. The van der Waals surface area contributed by atoms with Crippen LogP contribution in [-0.4, -0.2) is 19.5 Å². The third-order valence-corrected chi connectivity index (χ3v) is 2.40. The molecule has 0 aromatic heterocycles. The van der Waals surface area contributed by atoms with Gasteiger partial charge in [-0.05, 0) is 12.1 Å². The predicted molar refractivity (Wildman–Crippen MR) is 52.4 cm³/mol. The summed E-state index contributed by atoms with van der Waals surface area (Å²) in [7, 11) is 0. The van der Waals surface area contributed by atoms with Crippen molar-refractivity contribution in [3.05, 3.63) is 22.7 Å². The molecule has 14 heavy (non-hydrogen) atoms. The van der Waals surface area contributed by atoms with Crippen molar-refractivity contribution < 1.29 is 14.3 Å². The fourth-order valence-electron chi connectivity index (χ4n) is 1.31. The van der Waals surface area contributed by atoms with E-state index < -0.39 is 0 Å². The highest BCUT2D eigenvalue weighted by Crippen LogP contribution is 2.38. The molecule has 0 aliphatic carbocycles. The Bertz CT molecular complexity index is 363. The van der Waals surface area contributed by atoms with E-state index in [9.17, 15) is 4.79 Å². The fourth-order valence-corrected chi connectivity index (χ4v) is 1.56. The van der Waals surface area contributed by atoms with E-state index in [-0.39, 0.29) is 0 Å². The number of hydrogen-bond donors (Lipinski definition) is 0.